The SMILES string of the molecule is CC(=O)OC1=CC=C2C[C@@H]3[C@@H]4CCC[C@@H]5OC1(NC(=O)C(=C(O)c1ccccc1)C(F)(F)F)C2[C@@]54CC[N+]3(CCc1ccccc1)CC(C)C. The summed E-state index contributed by atoms with van der Waals surface area (Å²) in [6, 6.07) is 18.0. The van der Waals surface area contributed by atoms with E-state index in [1.54, 1.807) is 12.1 Å². The van der Waals surface area contributed by atoms with Crippen molar-refractivity contribution in [1.29, 1.82) is 0 Å². The standard InChI is InChI=1S/C40H45F3N2O5/c1-25(2)24-45(21-19-27-11-6-4-7-12-27)22-20-38-30-15-10-16-32(38)50-39(33(49-26(3)46)18-17-29(36(38)39)23-31(30)45)44-37(48)34(40(41,42)43)35(47)28-13-8-5-9-14-28/h4-9,11-14,17-18,25,30-32,36H,10,15-16,19-24H2,1-3H3,(H-,44,47,48)/p+1/t30-,31+,32-,36?,38+,39?,45?/m0/s1. The third-order valence-corrected chi connectivity index (χ3v) is 12.1. The lowest BCUT2D eigenvalue weighted by Crippen LogP contribution is -2.73. The zero-order chi connectivity index (χ0) is 35.5. The number of hydrogen-bond acceptors (Lipinski definition) is 5. The van der Waals surface area contributed by atoms with E-state index in [0.717, 1.165) is 55.4 Å². The number of allylic oxidation sites excluding steroid dienone is 2. The fourth-order valence-corrected chi connectivity index (χ4v) is 10.6. The van der Waals surface area contributed by atoms with Gasteiger partial charge >= 0.3 is 12.1 Å². The zero-order valence-corrected chi connectivity index (χ0v) is 28.8. The number of ether oxygens (including phenoxy) is 2. The van der Waals surface area contributed by atoms with E-state index in [0.29, 0.717) is 18.8 Å². The summed E-state index contributed by atoms with van der Waals surface area (Å²) in [7, 11) is 0. The van der Waals surface area contributed by atoms with E-state index in [-0.39, 0.29) is 29.4 Å². The van der Waals surface area contributed by atoms with Crippen molar-refractivity contribution < 1.29 is 41.8 Å². The smallest absolute Gasteiger partial charge is 0.425 e. The van der Waals surface area contributed by atoms with Crippen molar-refractivity contribution in [3.63, 3.8) is 0 Å². The molecule has 2 bridgehead atoms. The second-order valence-corrected chi connectivity index (χ2v) is 15.3. The van der Waals surface area contributed by atoms with Crippen LogP contribution in [0.3, 0.4) is 0 Å². The second-order valence-electron chi connectivity index (χ2n) is 15.3. The van der Waals surface area contributed by atoms with E-state index in [2.05, 4.69) is 43.4 Å². The molecule has 0 radical (unpaired) electrons. The van der Waals surface area contributed by atoms with Crippen molar-refractivity contribution in [3.05, 3.63) is 101 Å². The monoisotopic (exact) mass is 691 g/mol. The van der Waals surface area contributed by atoms with Gasteiger partial charge in [-0.3, -0.25) is 9.59 Å². The van der Waals surface area contributed by atoms with Crippen LogP contribution in [-0.4, -0.2) is 65.1 Å². The number of aliphatic hydroxyl groups excluding tert-OH is 1. The van der Waals surface area contributed by atoms with Crippen LogP contribution in [0.1, 0.15) is 64.0 Å². The molecular weight excluding hydrogens is 645 g/mol. The Balaban J connectivity index is 1.33. The third kappa shape index (κ3) is 5.59. The van der Waals surface area contributed by atoms with Crippen LogP contribution >= 0.6 is 0 Å². The van der Waals surface area contributed by atoms with Crippen molar-refractivity contribution in [2.45, 2.75) is 83.3 Å². The predicted molar refractivity (Wildman–Crippen MR) is 182 cm³/mol. The molecule has 3 aliphatic carbocycles. The summed E-state index contributed by atoms with van der Waals surface area (Å²) in [6.07, 6.45) is 2.92. The number of rotatable bonds is 9. The van der Waals surface area contributed by atoms with Crippen LogP contribution in [0.25, 0.3) is 5.76 Å². The van der Waals surface area contributed by atoms with Gasteiger partial charge in [0.05, 0.1) is 31.8 Å². The van der Waals surface area contributed by atoms with Gasteiger partial charge in [0.25, 0.3) is 5.91 Å². The summed E-state index contributed by atoms with van der Waals surface area (Å²) in [4.78, 5) is 26.5. The Kier molecular flexibility index (Phi) is 8.78. The normalized spacial score (nSPS) is 33.1. The molecule has 7 nitrogen and oxygen atoms in total. The first kappa shape index (κ1) is 34.6. The Labute approximate surface area is 291 Å². The number of esters is 1. The van der Waals surface area contributed by atoms with Crippen molar-refractivity contribution in [3.8, 4) is 0 Å². The lowest BCUT2D eigenvalue weighted by atomic mass is 9.46. The Morgan fingerprint density at radius 3 is 2.42 bits per heavy atom. The first-order chi connectivity index (χ1) is 23.8. The molecule has 7 atom stereocenters. The summed E-state index contributed by atoms with van der Waals surface area (Å²) >= 11 is 0. The molecule has 2 aliphatic heterocycles. The number of hydrogen-bond donors (Lipinski definition) is 2. The highest BCUT2D eigenvalue weighted by Gasteiger charge is 2.77. The number of halogens is 3. The van der Waals surface area contributed by atoms with Gasteiger partial charge in [-0.25, -0.2) is 0 Å². The number of quaternary nitrogens is 1. The lowest BCUT2D eigenvalue weighted by molar-refractivity contribution is -0.966. The summed E-state index contributed by atoms with van der Waals surface area (Å²) < 4.78 is 57.7. The topological polar surface area (TPSA) is 84.9 Å². The van der Waals surface area contributed by atoms with Gasteiger partial charge in [0.1, 0.15) is 5.76 Å². The molecule has 4 fully saturated rings. The molecular formula is C40H46F3N2O5+. The number of alkyl halides is 3. The summed E-state index contributed by atoms with van der Waals surface area (Å²) in [5.74, 6) is -3.29. The number of benzene rings is 2. The predicted octanol–water partition coefficient (Wildman–Crippen LogP) is 7.41. The molecule has 2 saturated heterocycles. The molecule has 2 aromatic carbocycles. The number of piperidine rings is 1. The number of amides is 1. The van der Waals surface area contributed by atoms with E-state index >= 15 is 0 Å². The van der Waals surface area contributed by atoms with Gasteiger partial charge in [0.15, 0.2) is 11.3 Å². The largest absolute Gasteiger partial charge is 0.506 e. The van der Waals surface area contributed by atoms with Gasteiger partial charge in [-0.1, -0.05) is 92.6 Å². The number of carbonyl (C=O) groups excluding carboxylic acids is 2. The number of nitrogens with zero attached hydrogens (tertiary/aromatic N) is 1. The maximum Gasteiger partial charge on any atom is 0.425 e. The molecule has 7 rings (SSSR count). The molecule has 1 amide bonds. The van der Waals surface area contributed by atoms with E-state index < -0.39 is 46.4 Å². The maximum absolute atomic E-state index is 14.7. The quantitative estimate of drug-likeness (QED) is 0.124. The first-order valence-corrected chi connectivity index (χ1v) is 17.9. The van der Waals surface area contributed by atoms with E-state index in [9.17, 15) is 27.9 Å². The van der Waals surface area contributed by atoms with Crippen LogP contribution in [0.4, 0.5) is 13.2 Å². The van der Waals surface area contributed by atoms with Gasteiger partial charge in [-0.05, 0) is 24.5 Å². The summed E-state index contributed by atoms with van der Waals surface area (Å²) in [6.45, 7) is 8.65. The van der Waals surface area contributed by atoms with Crippen molar-refractivity contribution in [2.24, 2.45) is 23.2 Å². The molecule has 266 valence electrons. The van der Waals surface area contributed by atoms with Crippen molar-refractivity contribution in [1.82, 2.24) is 5.32 Å². The van der Waals surface area contributed by atoms with Gasteiger partial charge in [-0.2, -0.15) is 13.2 Å². The highest BCUT2D eigenvalue weighted by molar-refractivity contribution is 6.01. The summed E-state index contributed by atoms with van der Waals surface area (Å²) in [5, 5.41) is 13.6. The zero-order valence-electron chi connectivity index (χ0n) is 28.8. The average Bonchev–Trinajstić information content (AvgIpc) is 3.36. The van der Waals surface area contributed by atoms with E-state index in [1.165, 1.54) is 36.8 Å². The Morgan fingerprint density at radius 2 is 1.76 bits per heavy atom. The molecule has 3 unspecified atom stereocenters. The molecule has 1 spiro atoms. The molecule has 0 aromatic heterocycles. The Hall–Kier alpha value is -3.89. The molecule has 50 heavy (non-hydrogen) atoms. The van der Waals surface area contributed by atoms with Crippen molar-refractivity contribution in [2.75, 3.05) is 19.6 Å². The minimum absolute atomic E-state index is 0.0219. The highest BCUT2D eigenvalue weighted by atomic mass is 19.4. The molecule has 2 heterocycles. The fraction of sp³-hybridized carbons (Fsp3) is 0.500. The fourth-order valence-electron chi connectivity index (χ4n) is 10.6. The van der Waals surface area contributed by atoms with Crippen LogP contribution in [0.15, 0.2) is 89.7 Å². The van der Waals surface area contributed by atoms with Gasteiger partial charge < -0.3 is 24.4 Å². The van der Waals surface area contributed by atoms with E-state index in [4.69, 9.17) is 9.47 Å². The Bertz CT molecular complexity index is 1740. The third-order valence-electron chi connectivity index (χ3n) is 12.1. The number of carbonyl (C=O) groups is 2. The van der Waals surface area contributed by atoms with Gasteiger partial charge in [-0.15, -0.1) is 0 Å². The van der Waals surface area contributed by atoms with Crippen LogP contribution < -0.4 is 5.32 Å². The first-order valence-electron chi connectivity index (χ1n) is 17.9. The van der Waals surface area contributed by atoms with Crippen molar-refractivity contribution >= 4 is 17.6 Å². The average molecular weight is 692 g/mol. The number of likely N-dealkylation sites (tertiary alicyclic amines) is 1. The van der Waals surface area contributed by atoms with Crippen LogP contribution in [0.5, 0.6) is 0 Å². The Morgan fingerprint density at radius 1 is 1.06 bits per heavy atom. The van der Waals surface area contributed by atoms with E-state index in [1.807, 2.05) is 12.1 Å². The molecule has 2 aromatic rings. The lowest BCUT2D eigenvalue weighted by Gasteiger charge is -2.65. The highest BCUT2D eigenvalue weighted by Crippen LogP contribution is 2.71. The summed E-state index contributed by atoms with van der Waals surface area (Å²) in [5.41, 5.74) is -1.90. The molecule has 5 aliphatic rings. The number of aliphatic hydroxyl groups is 1. The maximum atomic E-state index is 14.7. The number of nitrogens with one attached hydrogen (secondary N) is 1. The van der Waals surface area contributed by atoms with Gasteiger partial charge in [0, 0.05) is 54.9 Å². The minimum atomic E-state index is -5.19. The van der Waals surface area contributed by atoms with Crippen LogP contribution in [-0.2, 0) is 25.5 Å². The minimum Gasteiger partial charge on any atom is -0.506 e. The molecule has 2 saturated carbocycles. The second kappa shape index (κ2) is 12.7. The van der Waals surface area contributed by atoms with Gasteiger partial charge in [0.2, 0.25) is 5.72 Å². The van der Waals surface area contributed by atoms with Crippen LogP contribution in [0.2, 0.25) is 0 Å². The molecule has 2 N–H and O–H groups in total. The van der Waals surface area contributed by atoms with Crippen LogP contribution in [0, 0.1) is 23.2 Å². The molecule has 10 heteroatoms.